The lowest BCUT2D eigenvalue weighted by Crippen LogP contribution is -2.27. The van der Waals surface area contributed by atoms with Crippen LogP contribution in [0.5, 0.6) is 0 Å². The monoisotopic (exact) mass is 525 g/mol. The molecule has 4 nitrogen and oxygen atoms in total. The summed E-state index contributed by atoms with van der Waals surface area (Å²) in [4.78, 5) is 15.5. The van der Waals surface area contributed by atoms with Gasteiger partial charge in [-0.25, -0.2) is 5.01 Å². The van der Waals surface area contributed by atoms with Gasteiger partial charge in [-0.1, -0.05) is 52.3 Å². The Balaban J connectivity index is 1.75. The van der Waals surface area contributed by atoms with Crippen molar-refractivity contribution in [3.63, 3.8) is 0 Å². The van der Waals surface area contributed by atoms with Crippen molar-refractivity contribution in [2.24, 2.45) is 5.10 Å². The molecule has 1 atom stereocenters. The van der Waals surface area contributed by atoms with Crippen LogP contribution in [0, 0.1) is 0 Å². The normalized spacial score (nSPS) is 15.8. The number of carbonyl (C=O) groups is 1. The highest BCUT2D eigenvalue weighted by Crippen LogP contribution is 2.35. The maximum atomic E-state index is 13.4. The van der Waals surface area contributed by atoms with Gasteiger partial charge >= 0.3 is 0 Å². The Morgan fingerprint density at radius 1 is 1.00 bits per heavy atom. The third-order valence-electron chi connectivity index (χ3n) is 5.17. The molecule has 152 valence electrons. The second kappa shape index (κ2) is 8.74. The number of rotatable bonds is 4. The van der Waals surface area contributed by atoms with Crippen LogP contribution in [0.15, 0.2) is 86.8 Å². The molecule has 0 aromatic heterocycles. The van der Waals surface area contributed by atoms with Crippen molar-refractivity contribution in [1.82, 2.24) is 5.01 Å². The van der Waals surface area contributed by atoms with E-state index in [2.05, 4.69) is 55.0 Å². The number of hydrogen-bond donors (Lipinski definition) is 0. The first kappa shape index (κ1) is 20.8. The molecule has 1 amide bonds. The highest BCUT2D eigenvalue weighted by atomic mass is 79.9. The Hall–Kier alpha value is -2.44. The molecule has 0 spiro atoms. The Morgan fingerprint density at radius 2 is 1.73 bits per heavy atom. The number of benzene rings is 3. The fraction of sp³-hybridized carbons (Fsp3) is 0.167. The highest BCUT2D eigenvalue weighted by molar-refractivity contribution is 9.10. The number of nitrogens with zero attached hydrogens (tertiary/aromatic N) is 3. The van der Waals surface area contributed by atoms with Crippen LogP contribution in [0.1, 0.15) is 33.9 Å². The quantitative estimate of drug-likeness (QED) is 0.401. The smallest absolute Gasteiger partial charge is 0.275 e. The molecule has 0 aliphatic carbocycles. The molecule has 0 unspecified atom stereocenters. The molecule has 1 aliphatic rings. The minimum atomic E-state index is -0.157. The number of hydrazone groups is 1. The molecule has 0 fully saturated rings. The van der Waals surface area contributed by atoms with E-state index in [9.17, 15) is 4.79 Å². The van der Waals surface area contributed by atoms with Gasteiger partial charge in [0.1, 0.15) is 0 Å². The van der Waals surface area contributed by atoms with E-state index in [0.29, 0.717) is 12.0 Å². The van der Waals surface area contributed by atoms with Crippen LogP contribution in [0.2, 0.25) is 0 Å². The van der Waals surface area contributed by atoms with Gasteiger partial charge in [-0.05, 0) is 63.5 Å². The third-order valence-corrected chi connectivity index (χ3v) is 6.39. The Bertz CT molecular complexity index is 1110. The van der Waals surface area contributed by atoms with Crippen molar-refractivity contribution in [3.8, 4) is 0 Å². The molecular formula is C24H21Br2N3O. The van der Waals surface area contributed by atoms with Crippen LogP contribution in [0.4, 0.5) is 5.69 Å². The van der Waals surface area contributed by atoms with E-state index in [0.717, 1.165) is 31.5 Å². The standard InChI is InChI=1S/C24H21Br2N3O/c1-28(2)19-7-5-6-17(14-19)22-15-23(16-10-12-18(25)13-11-16)29(27-22)24(30)20-8-3-4-9-21(20)26/h3-14,23H,15H2,1-2H3/t23-/m1/s1. The lowest BCUT2D eigenvalue weighted by molar-refractivity contribution is 0.0710. The van der Waals surface area contributed by atoms with E-state index in [4.69, 9.17) is 5.10 Å². The molecule has 0 N–H and O–H groups in total. The van der Waals surface area contributed by atoms with E-state index in [1.165, 1.54) is 0 Å². The SMILES string of the molecule is CN(C)c1cccc(C2=NN(C(=O)c3ccccc3Br)[C@@H](c3ccc(Br)cc3)C2)c1. The molecule has 30 heavy (non-hydrogen) atoms. The summed E-state index contributed by atoms with van der Waals surface area (Å²) in [5.41, 5.74) is 4.71. The van der Waals surface area contributed by atoms with Gasteiger partial charge in [0.25, 0.3) is 5.91 Å². The van der Waals surface area contributed by atoms with Crippen LogP contribution in [0.3, 0.4) is 0 Å². The van der Waals surface area contributed by atoms with E-state index < -0.39 is 0 Å². The molecule has 0 radical (unpaired) electrons. The zero-order valence-corrected chi connectivity index (χ0v) is 19.9. The zero-order chi connectivity index (χ0) is 21.3. The van der Waals surface area contributed by atoms with Crippen molar-refractivity contribution in [1.29, 1.82) is 0 Å². The Morgan fingerprint density at radius 3 is 2.43 bits per heavy atom. The fourth-order valence-electron chi connectivity index (χ4n) is 3.54. The predicted octanol–water partition coefficient (Wildman–Crippen LogP) is 6.27. The van der Waals surface area contributed by atoms with Crippen molar-refractivity contribution >= 4 is 49.2 Å². The predicted molar refractivity (Wildman–Crippen MR) is 129 cm³/mol. The average molecular weight is 527 g/mol. The van der Waals surface area contributed by atoms with Crippen molar-refractivity contribution in [2.45, 2.75) is 12.5 Å². The highest BCUT2D eigenvalue weighted by Gasteiger charge is 2.34. The van der Waals surface area contributed by atoms with Crippen molar-refractivity contribution < 1.29 is 4.79 Å². The fourth-order valence-corrected chi connectivity index (χ4v) is 4.26. The summed E-state index contributed by atoms with van der Waals surface area (Å²) in [5, 5.41) is 6.43. The van der Waals surface area contributed by atoms with Crippen molar-refractivity contribution in [3.05, 3.63) is 98.4 Å². The van der Waals surface area contributed by atoms with Gasteiger partial charge in [0.05, 0.1) is 17.3 Å². The lowest BCUT2D eigenvalue weighted by Gasteiger charge is -2.22. The van der Waals surface area contributed by atoms with Crippen LogP contribution in [0.25, 0.3) is 0 Å². The molecule has 3 aromatic carbocycles. The summed E-state index contributed by atoms with van der Waals surface area (Å²) in [6.45, 7) is 0. The molecular weight excluding hydrogens is 506 g/mol. The molecule has 0 saturated carbocycles. The molecule has 1 heterocycles. The summed E-state index contributed by atoms with van der Waals surface area (Å²) >= 11 is 7.00. The minimum Gasteiger partial charge on any atom is -0.378 e. The molecule has 0 saturated heterocycles. The van der Waals surface area contributed by atoms with Crippen molar-refractivity contribution in [2.75, 3.05) is 19.0 Å². The van der Waals surface area contributed by atoms with Crippen LogP contribution in [-0.4, -0.2) is 30.7 Å². The maximum absolute atomic E-state index is 13.4. The number of hydrogen-bond acceptors (Lipinski definition) is 3. The van der Waals surface area contributed by atoms with Crippen LogP contribution in [-0.2, 0) is 0 Å². The van der Waals surface area contributed by atoms with E-state index in [1.54, 1.807) is 5.01 Å². The van der Waals surface area contributed by atoms with E-state index in [-0.39, 0.29) is 11.9 Å². The average Bonchev–Trinajstić information content (AvgIpc) is 3.20. The molecule has 4 rings (SSSR count). The Labute approximate surface area is 193 Å². The third kappa shape index (κ3) is 4.20. The largest absolute Gasteiger partial charge is 0.378 e. The summed E-state index contributed by atoms with van der Waals surface area (Å²) in [5.74, 6) is -0.117. The maximum Gasteiger partial charge on any atom is 0.275 e. The topological polar surface area (TPSA) is 35.9 Å². The van der Waals surface area contributed by atoms with Gasteiger partial charge in [0.2, 0.25) is 0 Å². The summed E-state index contributed by atoms with van der Waals surface area (Å²) in [6.07, 6.45) is 0.661. The molecule has 6 heteroatoms. The first-order valence-corrected chi connectivity index (χ1v) is 11.2. The molecule has 1 aliphatic heterocycles. The zero-order valence-electron chi connectivity index (χ0n) is 16.7. The van der Waals surface area contributed by atoms with Gasteiger partial charge in [-0.3, -0.25) is 4.79 Å². The van der Waals surface area contributed by atoms with Gasteiger partial charge < -0.3 is 4.90 Å². The summed E-state index contributed by atoms with van der Waals surface area (Å²) in [7, 11) is 4.03. The van der Waals surface area contributed by atoms with Crippen LogP contribution >= 0.6 is 31.9 Å². The van der Waals surface area contributed by atoms with Gasteiger partial charge in [-0.2, -0.15) is 5.10 Å². The second-order valence-corrected chi connectivity index (χ2v) is 9.16. The minimum absolute atomic E-state index is 0.117. The molecule has 0 bridgehead atoms. The number of anilines is 1. The van der Waals surface area contributed by atoms with Gasteiger partial charge in [0, 0.05) is 35.1 Å². The number of halogens is 2. The summed E-state index contributed by atoms with van der Waals surface area (Å²) in [6, 6.07) is 23.7. The van der Waals surface area contributed by atoms with E-state index >= 15 is 0 Å². The van der Waals surface area contributed by atoms with Crippen LogP contribution < -0.4 is 4.90 Å². The molecule has 3 aromatic rings. The van der Waals surface area contributed by atoms with Gasteiger partial charge in [-0.15, -0.1) is 0 Å². The lowest BCUT2D eigenvalue weighted by atomic mass is 9.98. The first-order chi connectivity index (χ1) is 14.4. The van der Waals surface area contributed by atoms with E-state index in [1.807, 2.05) is 68.7 Å². The number of carbonyl (C=O) groups excluding carboxylic acids is 1. The number of amides is 1. The summed E-state index contributed by atoms with van der Waals surface area (Å²) < 4.78 is 1.77. The second-order valence-electron chi connectivity index (χ2n) is 7.39. The first-order valence-electron chi connectivity index (χ1n) is 9.63. The Kier molecular flexibility index (Phi) is 6.06. The van der Waals surface area contributed by atoms with Gasteiger partial charge in [0.15, 0.2) is 0 Å².